The SMILES string of the molecule is CC[C@@H](CO)N(Cc1cscn1)c1ccccc1. The minimum Gasteiger partial charge on any atom is -0.394 e. The first-order valence-electron chi connectivity index (χ1n) is 6.14. The Morgan fingerprint density at radius 3 is 2.67 bits per heavy atom. The van der Waals surface area contributed by atoms with Crippen LogP contribution in [-0.4, -0.2) is 22.7 Å². The van der Waals surface area contributed by atoms with Gasteiger partial charge in [0.2, 0.25) is 0 Å². The summed E-state index contributed by atoms with van der Waals surface area (Å²) >= 11 is 1.60. The molecule has 1 aromatic heterocycles. The molecule has 1 N–H and O–H groups in total. The van der Waals surface area contributed by atoms with Crippen LogP contribution in [0.3, 0.4) is 0 Å². The molecule has 0 aliphatic rings. The molecule has 96 valence electrons. The number of rotatable bonds is 6. The first-order valence-corrected chi connectivity index (χ1v) is 7.09. The average Bonchev–Trinajstić information content (AvgIpc) is 2.93. The number of hydrogen-bond donors (Lipinski definition) is 1. The highest BCUT2D eigenvalue weighted by molar-refractivity contribution is 7.07. The maximum atomic E-state index is 9.53. The second kappa shape index (κ2) is 6.52. The number of aromatic nitrogens is 1. The fraction of sp³-hybridized carbons (Fsp3) is 0.357. The Morgan fingerprint density at radius 1 is 1.33 bits per heavy atom. The van der Waals surface area contributed by atoms with E-state index in [4.69, 9.17) is 0 Å². The Labute approximate surface area is 112 Å². The van der Waals surface area contributed by atoms with Gasteiger partial charge in [-0.05, 0) is 18.6 Å². The number of hydrogen-bond acceptors (Lipinski definition) is 4. The number of para-hydroxylation sites is 1. The maximum Gasteiger partial charge on any atom is 0.0795 e. The molecule has 1 heterocycles. The summed E-state index contributed by atoms with van der Waals surface area (Å²) < 4.78 is 0. The van der Waals surface area contributed by atoms with Gasteiger partial charge in [0.15, 0.2) is 0 Å². The third kappa shape index (κ3) is 3.09. The highest BCUT2D eigenvalue weighted by Gasteiger charge is 2.17. The number of nitrogens with zero attached hydrogens (tertiary/aromatic N) is 2. The highest BCUT2D eigenvalue weighted by atomic mass is 32.1. The van der Waals surface area contributed by atoms with Crippen LogP contribution in [0.15, 0.2) is 41.2 Å². The third-order valence-corrected chi connectivity index (χ3v) is 3.66. The fourth-order valence-corrected chi connectivity index (χ4v) is 2.54. The maximum absolute atomic E-state index is 9.53. The van der Waals surface area contributed by atoms with E-state index in [0.29, 0.717) is 0 Å². The Bertz CT molecular complexity index is 440. The smallest absolute Gasteiger partial charge is 0.0795 e. The molecular weight excluding hydrogens is 244 g/mol. The van der Waals surface area contributed by atoms with Crippen LogP contribution in [0.2, 0.25) is 0 Å². The van der Waals surface area contributed by atoms with Gasteiger partial charge in [-0.3, -0.25) is 0 Å². The van der Waals surface area contributed by atoms with Crippen molar-refractivity contribution in [3.05, 3.63) is 46.9 Å². The van der Waals surface area contributed by atoms with Crippen molar-refractivity contribution in [3.8, 4) is 0 Å². The molecule has 0 aliphatic carbocycles. The highest BCUT2D eigenvalue weighted by Crippen LogP contribution is 2.21. The number of aliphatic hydroxyl groups excluding tert-OH is 1. The lowest BCUT2D eigenvalue weighted by Crippen LogP contribution is -2.37. The van der Waals surface area contributed by atoms with Gasteiger partial charge < -0.3 is 10.0 Å². The van der Waals surface area contributed by atoms with Gasteiger partial charge in [-0.1, -0.05) is 25.1 Å². The summed E-state index contributed by atoms with van der Waals surface area (Å²) in [6, 6.07) is 10.3. The van der Waals surface area contributed by atoms with Crippen LogP contribution in [0.1, 0.15) is 19.0 Å². The summed E-state index contributed by atoms with van der Waals surface area (Å²) in [6.45, 7) is 3.00. The van der Waals surface area contributed by atoms with Gasteiger partial charge in [-0.15, -0.1) is 11.3 Å². The van der Waals surface area contributed by atoms with Crippen molar-refractivity contribution in [2.75, 3.05) is 11.5 Å². The van der Waals surface area contributed by atoms with Crippen molar-refractivity contribution in [1.29, 1.82) is 0 Å². The molecule has 2 aromatic rings. The van der Waals surface area contributed by atoms with E-state index in [1.807, 2.05) is 23.7 Å². The standard InChI is InChI=1S/C14H18N2OS/c1-2-13(9-17)16(8-12-10-18-11-15-12)14-6-4-3-5-7-14/h3-7,10-11,13,17H,2,8-9H2,1H3/t13-/m0/s1. The zero-order valence-corrected chi connectivity index (χ0v) is 11.3. The fourth-order valence-electron chi connectivity index (χ4n) is 1.99. The third-order valence-electron chi connectivity index (χ3n) is 3.03. The monoisotopic (exact) mass is 262 g/mol. The van der Waals surface area contributed by atoms with Crippen molar-refractivity contribution in [3.63, 3.8) is 0 Å². The summed E-state index contributed by atoms with van der Waals surface area (Å²) in [4.78, 5) is 6.55. The number of anilines is 1. The number of benzene rings is 1. The van der Waals surface area contributed by atoms with Crippen LogP contribution in [-0.2, 0) is 6.54 Å². The lowest BCUT2D eigenvalue weighted by atomic mass is 10.1. The van der Waals surface area contributed by atoms with Crippen molar-refractivity contribution >= 4 is 17.0 Å². The van der Waals surface area contributed by atoms with Crippen molar-refractivity contribution in [1.82, 2.24) is 4.98 Å². The largest absolute Gasteiger partial charge is 0.394 e. The number of thiazole rings is 1. The minimum absolute atomic E-state index is 0.133. The summed E-state index contributed by atoms with van der Waals surface area (Å²) in [5.41, 5.74) is 4.03. The zero-order chi connectivity index (χ0) is 12.8. The first-order chi connectivity index (χ1) is 8.85. The first kappa shape index (κ1) is 13.1. The predicted octanol–water partition coefficient (Wildman–Crippen LogP) is 2.92. The molecule has 2 rings (SSSR count). The molecule has 0 radical (unpaired) electrons. The van der Waals surface area contributed by atoms with Gasteiger partial charge >= 0.3 is 0 Å². The predicted molar refractivity (Wildman–Crippen MR) is 75.9 cm³/mol. The molecule has 1 aromatic carbocycles. The van der Waals surface area contributed by atoms with Crippen molar-refractivity contribution in [2.24, 2.45) is 0 Å². The molecule has 1 atom stereocenters. The quantitative estimate of drug-likeness (QED) is 0.869. The van der Waals surface area contributed by atoms with E-state index in [2.05, 4.69) is 34.3 Å². The van der Waals surface area contributed by atoms with Crippen LogP contribution < -0.4 is 4.90 Å². The molecule has 3 nitrogen and oxygen atoms in total. The lowest BCUT2D eigenvalue weighted by Gasteiger charge is -2.31. The van der Waals surface area contributed by atoms with E-state index in [1.165, 1.54) is 0 Å². The van der Waals surface area contributed by atoms with E-state index < -0.39 is 0 Å². The normalized spacial score (nSPS) is 12.3. The molecule has 0 saturated heterocycles. The summed E-state index contributed by atoms with van der Waals surface area (Å²) in [5.74, 6) is 0. The molecule has 4 heteroatoms. The van der Waals surface area contributed by atoms with Gasteiger partial charge in [-0.25, -0.2) is 4.98 Å². The van der Waals surface area contributed by atoms with E-state index in [9.17, 15) is 5.11 Å². The molecule has 18 heavy (non-hydrogen) atoms. The van der Waals surface area contributed by atoms with E-state index >= 15 is 0 Å². The molecule has 0 unspecified atom stereocenters. The van der Waals surface area contributed by atoms with Crippen LogP contribution in [0, 0.1) is 0 Å². The van der Waals surface area contributed by atoms with E-state index in [1.54, 1.807) is 11.3 Å². The Hall–Kier alpha value is -1.39. The number of aliphatic hydroxyl groups is 1. The average molecular weight is 262 g/mol. The molecule has 0 saturated carbocycles. The van der Waals surface area contributed by atoms with Gasteiger partial charge in [-0.2, -0.15) is 0 Å². The Balaban J connectivity index is 2.22. The van der Waals surface area contributed by atoms with Crippen LogP contribution in [0.5, 0.6) is 0 Å². The summed E-state index contributed by atoms with van der Waals surface area (Å²) in [5, 5.41) is 11.6. The second-order valence-corrected chi connectivity index (χ2v) is 4.91. The second-order valence-electron chi connectivity index (χ2n) is 4.19. The molecular formula is C14H18N2OS. The van der Waals surface area contributed by atoms with Gasteiger partial charge in [0.05, 0.1) is 30.4 Å². The Morgan fingerprint density at radius 2 is 2.11 bits per heavy atom. The Kier molecular flexibility index (Phi) is 4.73. The lowest BCUT2D eigenvalue weighted by molar-refractivity contribution is 0.255. The van der Waals surface area contributed by atoms with E-state index in [-0.39, 0.29) is 12.6 Å². The molecule has 0 aliphatic heterocycles. The van der Waals surface area contributed by atoms with Crippen LogP contribution in [0.25, 0.3) is 0 Å². The van der Waals surface area contributed by atoms with Crippen molar-refractivity contribution < 1.29 is 5.11 Å². The van der Waals surface area contributed by atoms with Crippen LogP contribution in [0.4, 0.5) is 5.69 Å². The van der Waals surface area contributed by atoms with Gasteiger partial charge in [0, 0.05) is 11.1 Å². The summed E-state index contributed by atoms with van der Waals surface area (Å²) in [6.07, 6.45) is 0.912. The summed E-state index contributed by atoms with van der Waals surface area (Å²) in [7, 11) is 0. The minimum atomic E-state index is 0.133. The van der Waals surface area contributed by atoms with E-state index in [0.717, 1.165) is 24.3 Å². The molecule has 0 amide bonds. The van der Waals surface area contributed by atoms with Crippen molar-refractivity contribution in [2.45, 2.75) is 25.9 Å². The molecule has 0 bridgehead atoms. The molecule has 0 spiro atoms. The zero-order valence-electron chi connectivity index (χ0n) is 10.5. The topological polar surface area (TPSA) is 36.4 Å². The van der Waals surface area contributed by atoms with Gasteiger partial charge in [0.1, 0.15) is 0 Å². The van der Waals surface area contributed by atoms with Crippen LogP contribution >= 0.6 is 11.3 Å². The molecule has 0 fully saturated rings. The van der Waals surface area contributed by atoms with Gasteiger partial charge in [0.25, 0.3) is 0 Å².